The molecule has 4 rings (SSSR count). The molecule has 2 heterocycles. The normalized spacial score (nSPS) is 31.0. The van der Waals surface area contributed by atoms with Gasteiger partial charge in [-0.1, -0.05) is 6.07 Å². The Morgan fingerprint density at radius 1 is 1.25 bits per heavy atom. The van der Waals surface area contributed by atoms with E-state index in [-0.39, 0.29) is 29.8 Å². The van der Waals surface area contributed by atoms with E-state index in [0.29, 0.717) is 6.42 Å². The summed E-state index contributed by atoms with van der Waals surface area (Å²) in [4.78, 5) is 26.7. The summed E-state index contributed by atoms with van der Waals surface area (Å²) < 4.78 is 5.33. The van der Waals surface area contributed by atoms with Crippen LogP contribution in [0.15, 0.2) is 18.2 Å². The Labute approximate surface area is 141 Å². The van der Waals surface area contributed by atoms with Crippen molar-refractivity contribution in [2.24, 2.45) is 5.92 Å². The fourth-order valence-electron chi connectivity index (χ4n) is 4.94. The number of carboxylic acids is 1. The molecule has 24 heavy (non-hydrogen) atoms. The van der Waals surface area contributed by atoms with Gasteiger partial charge in [-0.2, -0.15) is 0 Å². The number of aryl methyl sites for hydroxylation is 1. The summed E-state index contributed by atoms with van der Waals surface area (Å²) in [5.41, 5.74) is 2.30. The van der Waals surface area contributed by atoms with Gasteiger partial charge in [-0.25, -0.2) is 0 Å². The van der Waals surface area contributed by atoms with E-state index in [9.17, 15) is 14.7 Å². The van der Waals surface area contributed by atoms with Gasteiger partial charge >= 0.3 is 5.97 Å². The second kappa shape index (κ2) is 5.80. The number of hydrogen-bond acceptors (Lipinski definition) is 3. The number of benzene rings is 1. The molecule has 1 amide bonds. The lowest BCUT2D eigenvalue weighted by Crippen LogP contribution is -2.41. The van der Waals surface area contributed by atoms with Crippen molar-refractivity contribution in [2.75, 3.05) is 7.11 Å². The van der Waals surface area contributed by atoms with Gasteiger partial charge < -0.3 is 14.7 Å². The highest BCUT2D eigenvalue weighted by Gasteiger charge is 2.52. The van der Waals surface area contributed by atoms with E-state index in [1.807, 2.05) is 17.0 Å². The van der Waals surface area contributed by atoms with E-state index in [0.717, 1.165) is 43.4 Å². The molecule has 4 atom stereocenters. The first-order chi connectivity index (χ1) is 11.6. The van der Waals surface area contributed by atoms with Crippen LogP contribution in [0.25, 0.3) is 0 Å². The van der Waals surface area contributed by atoms with Crippen molar-refractivity contribution in [3.8, 4) is 5.75 Å². The number of carbonyl (C=O) groups is 2. The Balaban J connectivity index is 1.64. The first-order valence-electron chi connectivity index (χ1n) is 8.82. The molecule has 5 heteroatoms. The zero-order valence-electron chi connectivity index (χ0n) is 13.9. The van der Waals surface area contributed by atoms with Crippen LogP contribution >= 0.6 is 0 Å². The van der Waals surface area contributed by atoms with Crippen LogP contribution in [0.3, 0.4) is 0 Å². The van der Waals surface area contributed by atoms with Gasteiger partial charge in [0.2, 0.25) is 5.91 Å². The predicted molar refractivity (Wildman–Crippen MR) is 88.1 cm³/mol. The summed E-state index contributed by atoms with van der Waals surface area (Å²) in [5.74, 6) is -0.395. The van der Waals surface area contributed by atoms with Crippen LogP contribution in [0.5, 0.6) is 5.75 Å². The minimum Gasteiger partial charge on any atom is -0.497 e. The minimum atomic E-state index is -0.759. The van der Waals surface area contributed by atoms with Gasteiger partial charge in [0, 0.05) is 12.1 Å². The third kappa shape index (κ3) is 2.29. The lowest BCUT2D eigenvalue weighted by atomic mass is 9.81. The van der Waals surface area contributed by atoms with Crippen LogP contribution in [0.2, 0.25) is 0 Å². The molecule has 0 radical (unpaired) electrons. The molecular weight excluding hydrogens is 306 g/mol. The average Bonchev–Trinajstić information content (AvgIpc) is 3.18. The van der Waals surface area contributed by atoms with Crippen molar-refractivity contribution in [2.45, 2.75) is 56.5 Å². The van der Waals surface area contributed by atoms with Gasteiger partial charge in [0.05, 0.1) is 18.9 Å². The predicted octanol–water partition coefficient (Wildman–Crippen LogP) is 2.58. The Morgan fingerprint density at radius 3 is 2.79 bits per heavy atom. The molecule has 2 fully saturated rings. The molecule has 0 spiro atoms. The molecule has 2 bridgehead atoms. The summed E-state index contributed by atoms with van der Waals surface area (Å²) in [7, 11) is 1.64. The highest BCUT2D eigenvalue weighted by molar-refractivity contribution is 5.87. The standard InChI is InChI=1S/C19H23NO4/c1-24-13-7-5-11-3-2-4-14(15(11)10-13)18(21)20-12-6-8-17(20)16(9-12)19(22)23/h5,7,10,12,14,16-17H,2-4,6,8-9H2,1H3,(H,22,23). The maximum atomic E-state index is 13.3. The Hall–Kier alpha value is -2.04. The number of amides is 1. The molecule has 1 aromatic carbocycles. The third-order valence-electron chi connectivity index (χ3n) is 6.07. The van der Waals surface area contributed by atoms with E-state index in [1.54, 1.807) is 7.11 Å². The van der Waals surface area contributed by atoms with Crippen LogP contribution < -0.4 is 4.74 Å². The summed E-state index contributed by atoms with van der Waals surface area (Å²) in [6.07, 6.45) is 5.22. The van der Waals surface area contributed by atoms with Crippen LogP contribution in [-0.4, -0.2) is 41.1 Å². The average molecular weight is 329 g/mol. The summed E-state index contributed by atoms with van der Waals surface area (Å²) in [5, 5.41) is 9.42. The van der Waals surface area contributed by atoms with Crippen molar-refractivity contribution in [1.82, 2.24) is 4.90 Å². The van der Waals surface area contributed by atoms with Crippen molar-refractivity contribution in [3.63, 3.8) is 0 Å². The van der Waals surface area contributed by atoms with E-state index in [1.165, 1.54) is 5.56 Å². The van der Waals surface area contributed by atoms with Gasteiger partial charge in [0.1, 0.15) is 5.75 Å². The molecule has 128 valence electrons. The Kier molecular flexibility index (Phi) is 3.74. The van der Waals surface area contributed by atoms with Gasteiger partial charge in [-0.3, -0.25) is 9.59 Å². The number of carboxylic acid groups (broad SMARTS) is 1. The molecule has 0 saturated carbocycles. The van der Waals surface area contributed by atoms with Crippen molar-refractivity contribution in [1.29, 1.82) is 0 Å². The molecule has 1 N–H and O–H groups in total. The highest BCUT2D eigenvalue weighted by atomic mass is 16.5. The largest absolute Gasteiger partial charge is 0.497 e. The monoisotopic (exact) mass is 329 g/mol. The molecule has 2 aliphatic heterocycles. The second-order valence-electron chi connectivity index (χ2n) is 7.23. The van der Waals surface area contributed by atoms with E-state index in [4.69, 9.17) is 4.74 Å². The topological polar surface area (TPSA) is 66.8 Å². The number of rotatable bonds is 3. The summed E-state index contributed by atoms with van der Waals surface area (Å²) >= 11 is 0. The maximum Gasteiger partial charge on any atom is 0.308 e. The maximum absolute atomic E-state index is 13.3. The number of aliphatic carboxylic acids is 1. The van der Waals surface area contributed by atoms with Crippen LogP contribution in [-0.2, 0) is 16.0 Å². The number of carbonyl (C=O) groups excluding carboxylic acids is 1. The summed E-state index contributed by atoms with van der Waals surface area (Å²) in [6.45, 7) is 0. The summed E-state index contributed by atoms with van der Waals surface area (Å²) in [6, 6.07) is 6.00. The lowest BCUT2D eigenvalue weighted by Gasteiger charge is -2.31. The number of nitrogens with zero attached hydrogens (tertiary/aromatic N) is 1. The molecule has 0 aromatic heterocycles. The number of fused-ring (bicyclic) bond motifs is 3. The second-order valence-corrected chi connectivity index (χ2v) is 7.23. The zero-order valence-corrected chi connectivity index (χ0v) is 13.9. The molecule has 3 aliphatic rings. The van der Waals surface area contributed by atoms with Crippen molar-refractivity contribution < 1.29 is 19.4 Å². The number of methoxy groups -OCH3 is 1. The first-order valence-corrected chi connectivity index (χ1v) is 8.82. The highest BCUT2D eigenvalue weighted by Crippen LogP contribution is 2.45. The molecular formula is C19H23NO4. The van der Waals surface area contributed by atoms with E-state index >= 15 is 0 Å². The molecule has 2 saturated heterocycles. The van der Waals surface area contributed by atoms with Crippen LogP contribution in [0, 0.1) is 5.92 Å². The molecule has 4 unspecified atom stereocenters. The Morgan fingerprint density at radius 2 is 2.08 bits per heavy atom. The number of hydrogen-bond donors (Lipinski definition) is 1. The molecule has 1 aliphatic carbocycles. The lowest BCUT2D eigenvalue weighted by molar-refractivity contribution is -0.143. The van der Waals surface area contributed by atoms with Gasteiger partial charge in [-0.15, -0.1) is 0 Å². The fraction of sp³-hybridized carbons (Fsp3) is 0.579. The molecule has 5 nitrogen and oxygen atoms in total. The SMILES string of the molecule is COc1ccc2c(c1)C(C(=O)N1C3CCC1C(C(=O)O)C3)CCC2. The quantitative estimate of drug-likeness (QED) is 0.925. The van der Waals surface area contributed by atoms with E-state index in [2.05, 4.69) is 6.07 Å². The zero-order chi connectivity index (χ0) is 16.8. The van der Waals surface area contributed by atoms with Gasteiger partial charge in [0.25, 0.3) is 0 Å². The van der Waals surface area contributed by atoms with Crippen LogP contribution in [0.4, 0.5) is 0 Å². The molecule has 1 aromatic rings. The van der Waals surface area contributed by atoms with Crippen LogP contribution in [0.1, 0.15) is 49.1 Å². The Bertz CT molecular complexity index is 686. The van der Waals surface area contributed by atoms with Crippen molar-refractivity contribution in [3.05, 3.63) is 29.3 Å². The fourth-order valence-corrected chi connectivity index (χ4v) is 4.94. The van der Waals surface area contributed by atoms with Gasteiger partial charge in [-0.05, 0) is 61.8 Å². The number of ether oxygens (including phenoxy) is 1. The third-order valence-corrected chi connectivity index (χ3v) is 6.07. The smallest absolute Gasteiger partial charge is 0.308 e. The van der Waals surface area contributed by atoms with E-state index < -0.39 is 5.97 Å². The van der Waals surface area contributed by atoms with Gasteiger partial charge in [0.15, 0.2) is 0 Å². The van der Waals surface area contributed by atoms with Crippen molar-refractivity contribution >= 4 is 11.9 Å². The minimum absolute atomic E-state index is 0.111. The first kappa shape index (κ1) is 15.5.